The summed E-state index contributed by atoms with van der Waals surface area (Å²) in [6.45, 7) is 1.87. The van der Waals surface area contributed by atoms with Crippen LogP contribution in [0.3, 0.4) is 0 Å². The van der Waals surface area contributed by atoms with Crippen molar-refractivity contribution < 1.29 is 4.74 Å². The molecule has 0 amide bonds. The predicted octanol–water partition coefficient (Wildman–Crippen LogP) is 1.97. The fourth-order valence-corrected chi connectivity index (χ4v) is 0.948. The normalized spacial score (nSPS) is 9.79. The fourth-order valence-electron chi connectivity index (χ4n) is 0.948. The predicted molar refractivity (Wildman–Crippen MR) is 51.1 cm³/mol. The maximum absolute atomic E-state index is 5.35. The quantitative estimate of drug-likeness (QED) is 0.721. The molecule has 2 aromatic heterocycles. The van der Waals surface area contributed by atoms with Gasteiger partial charge in [-0.3, -0.25) is 4.98 Å². The van der Waals surface area contributed by atoms with Gasteiger partial charge in [-0.2, -0.15) is 0 Å². The van der Waals surface area contributed by atoms with Gasteiger partial charge < -0.3 is 4.74 Å². The fraction of sp³-hybridized carbons (Fsp3) is 0.100. The highest BCUT2D eigenvalue weighted by atomic mass is 16.5. The highest BCUT2D eigenvalue weighted by Crippen LogP contribution is 2.13. The second kappa shape index (κ2) is 3.83. The largest absolute Gasteiger partial charge is 0.419 e. The van der Waals surface area contributed by atoms with E-state index in [2.05, 4.69) is 15.0 Å². The Balaban J connectivity index is 2.16. The Labute approximate surface area is 81.6 Å². The number of aryl methyl sites for hydroxylation is 1. The minimum Gasteiger partial charge on any atom is -0.419 e. The van der Waals surface area contributed by atoms with Gasteiger partial charge in [-0.15, -0.1) is 0 Å². The molecule has 0 aliphatic heterocycles. The SMILES string of the molecule is Cc1cnc(Oc2ccccn2)cn1. The molecule has 2 aromatic rings. The van der Waals surface area contributed by atoms with Crippen LogP contribution in [0.1, 0.15) is 5.69 Å². The number of hydrogen-bond donors (Lipinski definition) is 0. The summed E-state index contributed by atoms with van der Waals surface area (Å²) in [4.78, 5) is 12.1. The number of hydrogen-bond acceptors (Lipinski definition) is 4. The summed E-state index contributed by atoms with van der Waals surface area (Å²) in [6, 6.07) is 5.44. The van der Waals surface area contributed by atoms with Crippen LogP contribution in [-0.4, -0.2) is 15.0 Å². The zero-order chi connectivity index (χ0) is 9.80. The molecular weight excluding hydrogens is 178 g/mol. The minimum atomic E-state index is 0.453. The van der Waals surface area contributed by atoms with E-state index in [9.17, 15) is 0 Å². The lowest BCUT2D eigenvalue weighted by molar-refractivity contribution is 0.441. The average Bonchev–Trinajstić information content (AvgIpc) is 2.23. The summed E-state index contributed by atoms with van der Waals surface area (Å²) in [5.74, 6) is 0.972. The highest BCUT2D eigenvalue weighted by molar-refractivity contribution is 5.17. The number of rotatable bonds is 2. The molecular formula is C10H9N3O. The lowest BCUT2D eigenvalue weighted by atomic mass is 10.5. The highest BCUT2D eigenvalue weighted by Gasteiger charge is 1.97. The summed E-state index contributed by atoms with van der Waals surface area (Å²) >= 11 is 0. The molecule has 4 heteroatoms. The van der Waals surface area contributed by atoms with Crippen LogP contribution in [0.15, 0.2) is 36.8 Å². The van der Waals surface area contributed by atoms with Gasteiger partial charge in [0.15, 0.2) is 0 Å². The van der Waals surface area contributed by atoms with Gasteiger partial charge in [0, 0.05) is 12.3 Å². The van der Waals surface area contributed by atoms with Gasteiger partial charge in [-0.1, -0.05) is 6.07 Å². The van der Waals surface area contributed by atoms with E-state index in [0.717, 1.165) is 5.69 Å². The van der Waals surface area contributed by atoms with E-state index in [-0.39, 0.29) is 0 Å². The van der Waals surface area contributed by atoms with Crippen LogP contribution in [0, 0.1) is 6.92 Å². The maximum Gasteiger partial charge on any atom is 0.239 e. The number of pyridine rings is 1. The van der Waals surface area contributed by atoms with E-state index in [1.165, 1.54) is 0 Å². The summed E-state index contributed by atoms with van der Waals surface area (Å²) < 4.78 is 5.35. The van der Waals surface area contributed by atoms with Crippen molar-refractivity contribution in [2.45, 2.75) is 6.92 Å². The maximum atomic E-state index is 5.35. The van der Waals surface area contributed by atoms with Crippen molar-refractivity contribution in [1.82, 2.24) is 15.0 Å². The van der Waals surface area contributed by atoms with E-state index in [0.29, 0.717) is 11.8 Å². The van der Waals surface area contributed by atoms with E-state index >= 15 is 0 Å². The summed E-state index contributed by atoms with van der Waals surface area (Å²) in [6.07, 6.45) is 4.89. The van der Waals surface area contributed by atoms with Crippen LogP contribution in [0.25, 0.3) is 0 Å². The molecule has 2 heterocycles. The first-order valence-corrected chi connectivity index (χ1v) is 4.22. The van der Waals surface area contributed by atoms with Gasteiger partial charge in [0.05, 0.1) is 18.1 Å². The Kier molecular flexibility index (Phi) is 2.36. The van der Waals surface area contributed by atoms with Crippen molar-refractivity contribution >= 4 is 0 Å². The minimum absolute atomic E-state index is 0.453. The summed E-state index contributed by atoms with van der Waals surface area (Å²) in [5.41, 5.74) is 0.860. The van der Waals surface area contributed by atoms with Gasteiger partial charge in [0.25, 0.3) is 0 Å². The molecule has 2 rings (SSSR count). The number of ether oxygens (including phenoxy) is 1. The van der Waals surface area contributed by atoms with Gasteiger partial charge in [0.1, 0.15) is 0 Å². The Morgan fingerprint density at radius 3 is 2.57 bits per heavy atom. The molecule has 0 saturated heterocycles. The molecule has 0 aliphatic rings. The first-order chi connectivity index (χ1) is 6.84. The van der Waals surface area contributed by atoms with Crippen molar-refractivity contribution in [3.05, 3.63) is 42.5 Å². The van der Waals surface area contributed by atoms with Crippen molar-refractivity contribution in [2.24, 2.45) is 0 Å². The molecule has 0 atom stereocenters. The standard InChI is InChI=1S/C10H9N3O/c1-8-6-13-10(7-12-8)14-9-4-2-3-5-11-9/h2-7H,1H3. The zero-order valence-electron chi connectivity index (χ0n) is 7.71. The first kappa shape index (κ1) is 8.62. The Bertz CT molecular complexity index is 399. The summed E-state index contributed by atoms with van der Waals surface area (Å²) in [7, 11) is 0. The molecule has 4 nitrogen and oxygen atoms in total. The van der Waals surface area contributed by atoms with E-state index in [1.807, 2.05) is 19.1 Å². The molecule has 70 valence electrons. The lowest BCUT2D eigenvalue weighted by Gasteiger charge is -2.01. The van der Waals surface area contributed by atoms with Gasteiger partial charge >= 0.3 is 0 Å². The van der Waals surface area contributed by atoms with Crippen molar-refractivity contribution in [1.29, 1.82) is 0 Å². The third-order valence-corrected chi connectivity index (χ3v) is 1.60. The second-order valence-electron chi connectivity index (χ2n) is 2.77. The van der Waals surface area contributed by atoms with Crippen LogP contribution >= 0.6 is 0 Å². The van der Waals surface area contributed by atoms with Crippen LogP contribution in [0.4, 0.5) is 0 Å². The Morgan fingerprint density at radius 2 is 1.93 bits per heavy atom. The van der Waals surface area contributed by atoms with Gasteiger partial charge in [0.2, 0.25) is 11.8 Å². The van der Waals surface area contributed by atoms with E-state index in [4.69, 9.17) is 4.74 Å². The van der Waals surface area contributed by atoms with Gasteiger partial charge in [-0.05, 0) is 13.0 Å². The van der Waals surface area contributed by atoms with E-state index < -0.39 is 0 Å². The van der Waals surface area contributed by atoms with Crippen molar-refractivity contribution in [2.75, 3.05) is 0 Å². The Morgan fingerprint density at radius 1 is 1.00 bits per heavy atom. The van der Waals surface area contributed by atoms with Crippen molar-refractivity contribution in [3.8, 4) is 11.8 Å². The number of nitrogens with zero attached hydrogens (tertiary/aromatic N) is 3. The molecule has 14 heavy (non-hydrogen) atoms. The van der Waals surface area contributed by atoms with E-state index in [1.54, 1.807) is 24.7 Å². The zero-order valence-corrected chi connectivity index (χ0v) is 7.71. The van der Waals surface area contributed by atoms with Crippen LogP contribution in [-0.2, 0) is 0 Å². The van der Waals surface area contributed by atoms with Crippen LogP contribution in [0.2, 0.25) is 0 Å². The molecule has 0 fully saturated rings. The molecule has 0 bridgehead atoms. The average molecular weight is 187 g/mol. The topological polar surface area (TPSA) is 47.9 Å². The third-order valence-electron chi connectivity index (χ3n) is 1.60. The van der Waals surface area contributed by atoms with Gasteiger partial charge in [-0.25, -0.2) is 9.97 Å². The van der Waals surface area contributed by atoms with Crippen LogP contribution < -0.4 is 4.74 Å². The molecule has 0 aliphatic carbocycles. The lowest BCUT2D eigenvalue weighted by Crippen LogP contribution is -1.91. The van der Waals surface area contributed by atoms with Crippen LogP contribution in [0.5, 0.6) is 11.8 Å². The molecule has 0 unspecified atom stereocenters. The third kappa shape index (κ3) is 2.04. The first-order valence-electron chi connectivity index (χ1n) is 4.22. The van der Waals surface area contributed by atoms with Crippen molar-refractivity contribution in [3.63, 3.8) is 0 Å². The molecule has 0 radical (unpaired) electrons. The molecule has 0 N–H and O–H groups in total. The monoisotopic (exact) mass is 187 g/mol. The summed E-state index contributed by atoms with van der Waals surface area (Å²) in [5, 5.41) is 0. The molecule has 0 saturated carbocycles. The Hall–Kier alpha value is -1.97. The second-order valence-corrected chi connectivity index (χ2v) is 2.77. The molecule has 0 aromatic carbocycles. The smallest absolute Gasteiger partial charge is 0.239 e. The number of aromatic nitrogens is 3. The molecule has 0 spiro atoms.